The molecule has 0 bridgehead atoms. The van der Waals surface area contributed by atoms with E-state index in [1.54, 1.807) is 11.0 Å². The third-order valence-electron chi connectivity index (χ3n) is 5.74. The Kier molecular flexibility index (Phi) is 4.55. The number of carbonyl (C=O) groups excluding carboxylic acids is 1. The van der Waals surface area contributed by atoms with Gasteiger partial charge in [-0.05, 0) is 24.3 Å². The van der Waals surface area contributed by atoms with Gasteiger partial charge in [-0.25, -0.2) is 4.98 Å². The Morgan fingerprint density at radius 3 is 2.72 bits per heavy atom. The van der Waals surface area contributed by atoms with E-state index in [4.69, 9.17) is 4.74 Å². The maximum Gasteiger partial charge on any atom is 0.254 e. The summed E-state index contributed by atoms with van der Waals surface area (Å²) in [6, 6.07) is 7.91. The topological polar surface area (TPSA) is 79.3 Å². The lowest BCUT2D eigenvalue weighted by molar-refractivity contribution is 0.0722. The SMILES string of the molecule is Cn1cc(C2CN(C(=O)c3ccc(N4CCOCC4)cc3)Cc3[nH]cnc32)cn1. The lowest BCUT2D eigenvalue weighted by Gasteiger charge is -2.32. The number of nitrogens with zero attached hydrogens (tertiary/aromatic N) is 5. The second-order valence-corrected chi connectivity index (χ2v) is 7.60. The number of ether oxygens (including phenoxy) is 1. The molecule has 1 atom stereocenters. The van der Waals surface area contributed by atoms with Crippen LogP contribution in [-0.4, -0.2) is 63.4 Å². The molecule has 3 aromatic rings. The van der Waals surface area contributed by atoms with Crippen molar-refractivity contribution in [2.45, 2.75) is 12.5 Å². The Morgan fingerprint density at radius 2 is 2.00 bits per heavy atom. The van der Waals surface area contributed by atoms with Crippen LogP contribution in [0.15, 0.2) is 43.0 Å². The van der Waals surface area contributed by atoms with Crippen molar-refractivity contribution in [3.8, 4) is 0 Å². The van der Waals surface area contributed by atoms with E-state index in [9.17, 15) is 4.79 Å². The Hall–Kier alpha value is -3.13. The van der Waals surface area contributed by atoms with Crippen LogP contribution in [0.3, 0.4) is 0 Å². The number of carbonyl (C=O) groups is 1. The van der Waals surface area contributed by atoms with Gasteiger partial charge in [0.2, 0.25) is 0 Å². The average Bonchev–Trinajstić information content (AvgIpc) is 3.42. The second kappa shape index (κ2) is 7.36. The summed E-state index contributed by atoms with van der Waals surface area (Å²) in [5.41, 5.74) is 4.90. The zero-order valence-corrected chi connectivity index (χ0v) is 16.4. The number of amides is 1. The molecule has 4 heterocycles. The van der Waals surface area contributed by atoms with Gasteiger partial charge in [-0.15, -0.1) is 0 Å². The molecule has 1 saturated heterocycles. The number of imidazole rings is 1. The highest BCUT2D eigenvalue weighted by molar-refractivity contribution is 5.94. The molecule has 1 unspecified atom stereocenters. The van der Waals surface area contributed by atoms with Crippen molar-refractivity contribution >= 4 is 11.6 Å². The summed E-state index contributed by atoms with van der Waals surface area (Å²) in [6.45, 7) is 4.39. The number of nitrogens with one attached hydrogen (secondary N) is 1. The van der Waals surface area contributed by atoms with Crippen molar-refractivity contribution in [2.75, 3.05) is 37.7 Å². The molecule has 150 valence electrons. The van der Waals surface area contributed by atoms with Crippen LogP contribution >= 0.6 is 0 Å². The third kappa shape index (κ3) is 3.40. The fourth-order valence-corrected chi connectivity index (χ4v) is 4.18. The first kappa shape index (κ1) is 17.9. The normalized spacial score (nSPS) is 19.3. The predicted molar refractivity (Wildman–Crippen MR) is 108 cm³/mol. The fraction of sp³-hybridized carbons (Fsp3) is 0.381. The van der Waals surface area contributed by atoms with Gasteiger partial charge in [-0.3, -0.25) is 9.48 Å². The molecule has 1 fully saturated rings. The van der Waals surface area contributed by atoms with E-state index in [0.717, 1.165) is 48.9 Å². The number of benzene rings is 1. The maximum atomic E-state index is 13.2. The zero-order chi connectivity index (χ0) is 19.8. The lowest BCUT2D eigenvalue weighted by atomic mass is 9.92. The minimum atomic E-state index is 0.0234. The monoisotopic (exact) mass is 392 g/mol. The predicted octanol–water partition coefficient (Wildman–Crippen LogP) is 1.77. The van der Waals surface area contributed by atoms with E-state index < -0.39 is 0 Å². The summed E-state index contributed by atoms with van der Waals surface area (Å²) in [6.07, 6.45) is 5.56. The summed E-state index contributed by atoms with van der Waals surface area (Å²) in [5, 5.41) is 4.29. The number of anilines is 1. The van der Waals surface area contributed by atoms with Crippen LogP contribution in [0.5, 0.6) is 0 Å². The zero-order valence-electron chi connectivity index (χ0n) is 16.4. The van der Waals surface area contributed by atoms with Crippen molar-refractivity contribution in [3.05, 3.63) is 65.5 Å². The minimum Gasteiger partial charge on any atom is -0.378 e. The fourth-order valence-electron chi connectivity index (χ4n) is 4.18. The summed E-state index contributed by atoms with van der Waals surface area (Å²) in [4.78, 5) is 25.1. The molecule has 5 rings (SSSR count). The number of rotatable bonds is 3. The highest BCUT2D eigenvalue weighted by Crippen LogP contribution is 2.32. The summed E-state index contributed by atoms with van der Waals surface area (Å²) >= 11 is 0. The lowest BCUT2D eigenvalue weighted by Crippen LogP contribution is -2.39. The van der Waals surface area contributed by atoms with Gasteiger partial charge in [-0.1, -0.05) is 0 Å². The standard InChI is InChI=1S/C21H24N6O2/c1-25-11-16(10-24-25)18-12-27(13-19-20(18)23-14-22-19)21(28)15-2-4-17(5-3-15)26-6-8-29-9-7-26/h2-5,10-11,14,18H,6-9,12-13H2,1H3,(H,22,23). The van der Waals surface area contributed by atoms with E-state index in [0.29, 0.717) is 18.7 Å². The number of hydrogen-bond acceptors (Lipinski definition) is 5. The van der Waals surface area contributed by atoms with Crippen LogP contribution in [0.25, 0.3) is 0 Å². The van der Waals surface area contributed by atoms with E-state index in [1.165, 1.54) is 0 Å². The van der Waals surface area contributed by atoms with Crippen LogP contribution in [0.1, 0.15) is 33.2 Å². The Bertz CT molecular complexity index is 1000. The molecule has 0 radical (unpaired) electrons. The second-order valence-electron chi connectivity index (χ2n) is 7.60. The first-order valence-electron chi connectivity index (χ1n) is 9.92. The average molecular weight is 392 g/mol. The number of hydrogen-bond donors (Lipinski definition) is 1. The van der Waals surface area contributed by atoms with Crippen LogP contribution in [0.2, 0.25) is 0 Å². The Balaban J connectivity index is 1.37. The van der Waals surface area contributed by atoms with Crippen molar-refractivity contribution in [2.24, 2.45) is 7.05 Å². The molecule has 1 N–H and O–H groups in total. The minimum absolute atomic E-state index is 0.0234. The number of H-pyrrole nitrogens is 1. The van der Waals surface area contributed by atoms with Crippen LogP contribution in [0.4, 0.5) is 5.69 Å². The van der Waals surface area contributed by atoms with Crippen molar-refractivity contribution in [3.63, 3.8) is 0 Å². The van der Waals surface area contributed by atoms with E-state index in [1.807, 2.05) is 48.6 Å². The molecule has 8 nitrogen and oxygen atoms in total. The number of morpholine rings is 1. The van der Waals surface area contributed by atoms with Crippen molar-refractivity contribution in [1.29, 1.82) is 0 Å². The van der Waals surface area contributed by atoms with Gasteiger partial charge in [0.05, 0.1) is 43.7 Å². The van der Waals surface area contributed by atoms with E-state index in [2.05, 4.69) is 20.0 Å². The molecular formula is C21H24N6O2. The molecule has 1 amide bonds. The quantitative estimate of drug-likeness (QED) is 0.735. The summed E-state index contributed by atoms with van der Waals surface area (Å²) in [7, 11) is 1.90. The molecule has 8 heteroatoms. The van der Waals surface area contributed by atoms with Crippen LogP contribution in [0, 0.1) is 0 Å². The molecule has 29 heavy (non-hydrogen) atoms. The number of aryl methyl sites for hydroxylation is 1. The maximum absolute atomic E-state index is 13.2. The highest BCUT2D eigenvalue weighted by Gasteiger charge is 2.32. The largest absolute Gasteiger partial charge is 0.378 e. The van der Waals surface area contributed by atoms with Gasteiger partial charge in [-0.2, -0.15) is 5.10 Å². The smallest absolute Gasteiger partial charge is 0.254 e. The Morgan fingerprint density at radius 1 is 1.21 bits per heavy atom. The first-order chi connectivity index (χ1) is 14.2. The molecular weight excluding hydrogens is 368 g/mol. The number of aromatic nitrogens is 4. The summed E-state index contributed by atoms with van der Waals surface area (Å²) in [5.74, 6) is 0.0583. The van der Waals surface area contributed by atoms with Crippen molar-refractivity contribution < 1.29 is 9.53 Å². The molecule has 0 aliphatic carbocycles. The van der Waals surface area contributed by atoms with E-state index in [-0.39, 0.29) is 11.8 Å². The van der Waals surface area contributed by atoms with Gasteiger partial charge in [0.15, 0.2) is 0 Å². The number of aromatic amines is 1. The first-order valence-corrected chi connectivity index (χ1v) is 9.92. The molecule has 2 aliphatic rings. The Labute approximate surface area is 169 Å². The van der Waals surface area contributed by atoms with Gasteiger partial charge < -0.3 is 19.5 Å². The van der Waals surface area contributed by atoms with Crippen LogP contribution in [-0.2, 0) is 18.3 Å². The van der Waals surface area contributed by atoms with Gasteiger partial charge in [0.1, 0.15) is 0 Å². The molecule has 0 saturated carbocycles. The van der Waals surface area contributed by atoms with E-state index >= 15 is 0 Å². The van der Waals surface area contributed by atoms with Gasteiger partial charge in [0.25, 0.3) is 5.91 Å². The third-order valence-corrected chi connectivity index (χ3v) is 5.74. The molecule has 1 aromatic carbocycles. The van der Waals surface area contributed by atoms with Gasteiger partial charge in [0, 0.05) is 55.6 Å². The van der Waals surface area contributed by atoms with Gasteiger partial charge >= 0.3 is 0 Å². The van der Waals surface area contributed by atoms with Crippen LogP contribution < -0.4 is 4.90 Å². The molecule has 2 aliphatic heterocycles. The molecule has 0 spiro atoms. The van der Waals surface area contributed by atoms with Crippen molar-refractivity contribution in [1.82, 2.24) is 24.6 Å². The number of fused-ring (bicyclic) bond motifs is 1. The molecule has 2 aromatic heterocycles. The highest BCUT2D eigenvalue weighted by atomic mass is 16.5. The summed E-state index contributed by atoms with van der Waals surface area (Å²) < 4.78 is 7.20.